The zero-order valence-corrected chi connectivity index (χ0v) is 16.1. The van der Waals surface area contributed by atoms with Crippen molar-refractivity contribution < 1.29 is 19.5 Å². The minimum atomic E-state index is 0.0213. The summed E-state index contributed by atoms with van der Waals surface area (Å²) in [6.07, 6.45) is 0.186. The number of ether oxygens (including phenoxy) is 3. The molecule has 2 aliphatic heterocycles. The second kappa shape index (κ2) is 8.40. The predicted octanol–water partition coefficient (Wildman–Crippen LogP) is 1.57. The number of fused-ring (bicyclic) bond motifs is 1. The fourth-order valence-corrected chi connectivity index (χ4v) is 3.83. The highest BCUT2D eigenvalue weighted by molar-refractivity contribution is 5.45. The number of anilines is 1. The molecule has 2 fully saturated rings. The molecule has 144 valence electrons. The zero-order chi connectivity index (χ0) is 18.6. The number of hydrogen-bond acceptors (Lipinski definition) is 4. The summed E-state index contributed by atoms with van der Waals surface area (Å²) >= 11 is 0. The van der Waals surface area contributed by atoms with Crippen molar-refractivity contribution in [1.29, 1.82) is 0 Å². The Morgan fingerprint density at radius 2 is 1.67 bits per heavy atom. The summed E-state index contributed by atoms with van der Waals surface area (Å²) in [6, 6.07) is 19.3. The van der Waals surface area contributed by atoms with Crippen LogP contribution in [0.3, 0.4) is 0 Å². The van der Waals surface area contributed by atoms with E-state index in [1.165, 1.54) is 16.8 Å². The number of nitrogens with zero attached hydrogens (tertiary/aromatic N) is 1. The smallest absolute Gasteiger partial charge is 0.140 e. The normalized spacial score (nSPS) is 26.9. The van der Waals surface area contributed by atoms with Crippen LogP contribution in [0, 0.1) is 0 Å². The molecule has 0 spiro atoms. The fraction of sp³-hybridized carbons (Fsp3) is 0.455. The van der Waals surface area contributed by atoms with Crippen LogP contribution < -0.4 is 10.2 Å². The molecular formula is C22H29N2O3+. The topological polar surface area (TPSA) is 47.5 Å². The lowest BCUT2D eigenvalue weighted by molar-refractivity contribution is -0.707. The van der Waals surface area contributed by atoms with Gasteiger partial charge in [-0.15, -0.1) is 0 Å². The van der Waals surface area contributed by atoms with E-state index in [1.54, 1.807) is 0 Å². The fourth-order valence-electron chi connectivity index (χ4n) is 3.83. The average Bonchev–Trinajstić information content (AvgIpc) is 3.28. The summed E-state index contributed by atoms with van der Waals surface area (Å²) in [5, 5.41) is 2.34. The average molecular weight is 369 g/mol. The van der Waals surface area contributed by atoms with Crippen LogP contribution in [0.5, 0.6) is 0 Å². The Morgan fingerprint density at radius 1 is 0.926 bits per heavy atom. The first-order valence-electron chi connectivity index (χ1n) is 9.69. The molecule has 2 N–H and O–H groups in total. The summed E-state index contributed by atoms with van der Waals surface area (Å²) in [7, 11) is 4.12. The van der Waals surface area contributed by atoms with Crippen LogP contribution in [0.1, 0.15) is 11.1 Å². The Kier molecular flexibility index (Phi) is 5.74. The Bertz CT molecular complexity index is 720. The Morgan fingerprint density at radius 3 is 2.41 bits per heavy atom. The monoisotopic (exact) mass is 369 g/mol. The van der Waals surface area contributed by atoms with Crippen LogP contribution in [0.25, 0.3) is 0 Å². The van der Waals surface area contributed by atoms with Gasteiger partial charge in [0, 0.05) is 25.3 Å². The van der Waals surface area contributed by atoms with Gasteiger partial charge in [0.15, 0.2) is 0 Å². The van der Waals surface area contributed by atoms with Gasteiger partial charge in [0.25, 0.3) is 0 Å². The molecule has 5 nitrogen and oxygen atoms in total. The Balaban J connectivity index is 1.27. The molecule has 5 heteroatoms. The molecule has 0 radical (unpaired) electrons. The molecule has 2 heterocycles. The van der Waals surface area contributed by atoms with Crippen molar-refractivity contribution in [3.8, 4) is 0 Å². The first kappa shape index (κ1) is 18.4. The standard InChI is InChI=1S/C22H28N2O3/c1-24(2)18-10-8-16(9-11-18)12-23-19-14-26-22-20(15-27-21(19)22)25-13-17-6-4-3-5-7-17/h3-11,19-23H,12-15H2,1-2H3/p+1/t19-,20+,21+,22+/m0/s1. The zero-order valence-electron chi connectivity index (χ0n) is 16.1. The molecule has 2 aliphatic rings. The molecule has 4 rings (SSSR count). The van der Waals surface area contributed by atoms with Crippen molar-refractivity contribution in [2.24, 2.45) is 0 Å². The van der Waals surface area contributed by atoms with E-state index in [4.69, 9.17) is 14.2 Å². The second-order valence-electron chi connectivity index (χ2n) is 7.60. The van der Waals surface area contributed by atoms with Gasteiger partial charge < -0.3 is 24.4 Å². The van der Waals surface area contributed by atoms with Gasteiger partial charge in [-0.25, -0.2) is 0 Å². The van der Waals surface area contributed by atoms with Crippen molar-refractivity contribution in [1.82, 2.24) is 0 Å². The van der Waals surface area contributed by atoms with Crippen molar-refractivity contribution in [3.05, 3.63) is 65.7 Å². The van der Waals surface area contributed by atoms with Crippen LogP contribution >= 0.6 is 0 Å². The number of benzene rings is 2. The molecule has 0 amide bonds. The van der Waals surface area contributed by atoms with Crippen LogP contribution in [0.2, 0.25) is 0 Å². The van der Waals surface area contributed by atoms with Crippen molar-refractivity contribution >= 4 is 5.69 Å². The van der Waals surface area contributed by atoms with E-state index < -0.39 is 0 Å². The molecule has 0 aromatic heterocycles. The van der Waals surface area contributed by atoms with Crippen LogP contribution in [0.4, 0.5) is 5.69 Å². The first-order chi connectivity index (χ1) is 13.2. The van der Waals surface area contributed by atoms with E-state index in [1.807, 2.05) is 18.2 Å². The summed E-state index contributed by atoms with van der Waals surface area (Å²) in [5.74, 6) is 0. The minimum Gasteiger partial charge on any atom is -0.378 e. The summed E-state index contributed by atoms with van der Waals surface area (Å²) in [4.78, 5) is 2.12. The van der Waals surface area contributed by atoms with E-state index in [0.29, 0.717) is 19.3 Å². The third-order valence-corrected chi connectivity index (χ3v) is 5.46. The van der Waals surface area contributed by atoms with Gasteiger partial charge in [0.2, 0.25) is 0 Å². The van der Waals surface area contributed by atoms with E-state index in [2.05, 4.69) is 60.7 Å². The third kappa shape index (κ3) is 4.33. The highest BCUT2D eigenvalue weighted by Gasteiger charge is 2.50. The van der Waals surface area contributed by atoms with Crippen LogP contribution in [-0.2, 0) is 27.4 Å². The minimum absolute atomic E-state index is 0.0213. The lowest BCUT2D eigenvalue weighted by Crippen LogP contribution is -2.91. The van der Waals surface area contributed by atoms with E-state index in [-0.39, 0.29) is 18.3 Å². The summed E-state index contributed by atoms with van der Waals surface area (Å²) < 4.78 is 18.2. The molecule has 2 saturated heterocycles. The third-order valence-electron chi connectivity index (χ3n) is 5.46. The maximum atomic E-state index is 6.08. The van der Waals surface area contributed by atoms with Crippen molar-refractivity contribution in [2.75, 3.05) is 32.2 Å². The maximum Gasteiger partial charge on any atom is 0.140 e. The molecule has 0 bridgehead atoms. The molecular weight excluding hydrogens is 340 g/mol. The molecule has 27 heavy (non-hydrogen) atoms. The second-order valence-corrected chi connectivity index (χ2v) is 7.60. The van der Waals surface area contributed by atoms with Gasteiger partial charge in [-0.05, 0) is 17.7 Å². The summed E-state index contributed by atoms with van der Waals surface area (Å²) in [6.45, 7) is 2.87. The number of rotatable bonds is 7. The van der Waals surface area contributed by atoms with Gasteiger partial charge >= 0.3 is 0 Å². The lowest BCUT2D eigenvalue weighted by Gasteiger charge is -2.17. The quantitative estimate of drug-likeness (QED) is 0.805. The van der Waals surface area contributed by atoms with E-state index in [0.717, 1.165) is 13.2 Å². The highest BCUT2D eigenvalue weighted by atomic mass is 16.6. The van der Waals surface area contributed by atoms with Gasteiger partial charge in [-0.1, -0.05) is 42.5 Å². The van der Waals surface area contributed by atoms with Gasteiger partial charge in [0.05, 0.1) is 13.2 Å². The van der Waals surface area contributed by atoms with Gasteiger partial charge in [-0.3, -0.25) is 0 Å². The maximum absolute atomic E-state index is 6.08. The molecule has 0 saturated carbocycles. The largest absolute Gasteiger partial charge is 0.378 e. The van der Waals surface area contributed by atoms with E-state index >= 15 is 0 Å². The molecule has 2 aromatic rings. The molecule has 4 atom stereocenters. The Hall–Kier alpha value is -1.92. The highest BCUT2D eigenvalue weighted by Crippen LogP contribution is 2.28. The molecule has 0 unspecified atom stereocenters. The van der Waals surface area contributed by atoms with Gasteiger partial charge in [-0.2, -0.15) is 0 Å². The summed E-state index contributed by atoms with van der Waals surface area (Å²) in [5.41, 5.74) is 3.72. The van der Waals surface area contributed by atoms with Crippen molar-refractivity contribution in [3.63, 3.8) is 0 Å². The lowest BCUT2D eigenvalue weighted by atomic mass is 10.1. The van der Waals surface area contributed by atoms with Gasteiger partial charge in [0.1, 0.15) is 37.5 Å². The predicted molar refractivity (Wildman–Crippen MR) is 105 cm³/mol. The van der Waals surface area contributed by atoms with Crippen LogP contribution in [0.15, 0.2) is 54.6 Å². The van der Waals surface area contributed by atoms with Crippen LogP contribution in [-0.4, -0.2) is 51.7 Å². The number of nitrogens with two attached hydrogens (primary N) is 1. The van der Waals surface area contributed by atoms with E-state index in [9.17, 15) is 0 Å². The SMILES string of the molecule is CN(C)c1ccc(C[NH2+][C@H]2CO[C@H]3[C@@H]2OC[C@H]3OCc2ccccc2)cc1. The number of quaternary nitrogens is 1. The number of hydrogen-bond donors (Lipinski definition) is 1. The Labute approximate surface area is 161 Å². The first-order valence-corrected chi connectivity index (χ1v) is 9.69. The van der Waals surface area contributed by atoms with Crippen molar-refractivity contribution in [2.45, 2.75) is 37.5 Å². The molecule has 2 aromatic carbocycles. The molecule has 0 aliphatic carbocycles.